The highest BCUT2D eigenvalue weighted by atomic mass is 19.4. The van der Waals surface area contributed by atoms with Gasteiger partial charge in [0.05, 0.1) is 11.3 Å². The quantitative estimate of drug-likeness (QED) is 0.785. The van der Waals surface area contributed by atoms with Crippen LogP contribution in [0.4, 0.5) is 24.5 Å². The number of hydrogen-bond donors (Lipinski definition) is 2. The van der Waals surface area contributed by atoms with Gasteiger partial charge < -0.3 is 11.1 Å². The molecule has 0 aliphatic rings. The first kappa shape index (κ1) is 12.4. The molecule has 0 aliphatic heterocycles. The molecular weight excluding hydrogens is 223 g/mol. The summed E-state index contributed by atoms with van der Waals surface area (Å²) in [4.78, 5) is 10.4. The summed E-state index contributed by atoms with van der Waals surface area (Å²) in [6, 6.07) is 2.74. The molecule has 0 aliphatic carbocycles. The lowest BCUT2D eigenvalue weighted by Crippen LogP contribution is -2.13. The van der Waals surface area contributed by atoms with Crippen LogP contribution in [0.3, 0.4) is 0 Å². The Balaban J connectivity index is 3.02. The normalized spacial score (nSPS) is 11.2. The molecule has 4 nitrogen and oxygen atoms in total. The van der Waals surface area contributed by atoms with Gasteiger partial charge in [0, 0.05) is 13.1 Å². The van der Waals surface area contributed by atoms with E-state index in [2.05, 4.69) is 10.5 Å². The number of nitroso groups, excluding NO2 is 1. The van der Waals surface area contributed by atoms with Crippen LogP contribution < -0.4 is 11.1 Å². The molecular formula is C9H10F3N3O. The maximum absolute atomic E-state index is 12.3. The zero-order chi connectivity index (χ0) is 12.2. The van der Waals surface area contributed by atoms with Crippen molar-refractivity contribution in [1.29, 1.82) is 0 Å². The van der Waals surface area contributed by atoms with Crippen LogP contribution in [0.5, 0.6) is 0 Å². The largest absolute Gasteiger partial charge is 0.416 e. The van der Waals surface area contributed by atoms with Crippen LogP contribution in [0.15, 0.2) is 23.4 Å². The Kier molecular flexibility index (Phi) is 3.83. The summed E-state index contributed by atoms with van der Waals surface area (Å²) in [5, 5.41) is 5.25. The smallest absolute Gasteiger partial charge is 0.382 e. The number of rotatable bonds is 4. The summed E-state index contributed by atoms with van der Waals surface area (Å²) in [6.07, 6.45) is -4.48. The fourth-order valence-electron chi connectivity index (χ4n) is 1.14. The van der Waals surface area contributed by atoms with Gasteiger partial charge in [-0.05, 0) is 23.4 Å². The van der Waals surface area contributed by atoms with E-state index in [1.165, 1.54) is 0 Å². The third kappa shape index (κ3) is 2.93. The van der Waals surface area contributed by atoms with Crippen molar-refractivity contribution in [3.05, 3.63) is 28.7 Å². The summed E-state index contributed by atoms with van der Waals surface area (Å²) < 4.78 is 36.9. The molecule has 0 aromatic heterocycles. The standard InChI is InChI=1S/C9H10F3N3O/c10-9(11,12)6-1-2-7(14-4-3-13)8(5-6)15-16/h1-2,5,14H,3-4,13H2. The van der Waals surface area contributed by atoms with E-state index in [9.17, 15) is 18.1 Å². The number of anilines is 1. The van der Waals surface area contributed by atoms with Gasteiger partial charge in [0.25, 0.3) is 0 Å². The molecule has 0 saturated heterocycles. The molecule has 0 saturated carbocycles. The number of halogens is 3. The minimum absolute atomic E-state index is 0.244. The molecule has 0 atom stereocenters. The van der Waals surface area contributed by atoms with Crippen molar-refractivity contribution in [2.45, 2.75) is 6.18 Å². The second kappa shape index (κ2) is 4.93. The Hall–Kier alpha value is -1.63. The molecule has 0 bridgehead atoms. The summed E-state index contributed by atoms with van der Waals surface area (Å²) in [6.45, 7) is 0.660. The molecule has 3 N–H and O–H groups in total. The lowest BCUT2D eigenvalue weighted by Gasteiger charge is -2.10. The second-order valence-corrected chi connectivity index (χ2v) is 3.04. The Bertz CT molecular complexity index is 379. The van der Waals surface area contributed by atoms with Crippen LogP contribution in [0.1, 0.15) is 5.56 Å². The summed E-state index contributed by atoms with van der Waals surface area (Å²) >= 11 is 0. The number of alkyl halides is 3. The number of nitrogens with zero attached hydrogens (tertiary/aromatic N) is 1. The summed E-state index contributed by atoms with van der Waals surface area (Å²) in [5.41, 5.74) is 4.28. The van der Waals surface area contributed by atoms with Gasteiger partial charge in [-0.3, -0.25) is 0 Å². The van der Waals surface area contributed by atoms with Crippen LogP contribution in [0.2, 0.25) is 0 Å². The van der Waals surface area contributed by atoms with E-state index in [1.54, 1.807) is 0 Å². The fourth-order valence-corrected chi connectivity index (χ4v) is 1.14. The molecule has 16 heavy (non-hydrogen) atoms. The van der Waals surface area contributed by atoms with Crippen LogP contribution in [0, 0.1) is 4.91 Å². The number of nitrogens with one attached hydrogen (secondary N) is 1. The van der Waals surface area contributed by atoms with Crippen molar-refractivity contribution < 1.29 is 13.2 Å². The van der Waals surface area contributed by atoms with Crippen LogP contribution in [-0.4, -0.2) is 13.1 Å². The van der Waals surface area contributed by atoms with Crippen LogP contribution in [0.25, 0.3) is 0 Å². The zero-order valence-electron chi connectivity index (χ0n) is 8.21. The number of nitrogens with two attached hydrogens (primary N) is 1. The van der Waals surface area contributed by atoms with E-state index in [4.69, 9.17) is 5.73 Å². The minimum Gasteiger partial charge on any atom is -0.382 e. The molecule has 1 aromatic rings. The van der Waals surface area contributed by atoms with Crippen molar-refractivity contribution in [1.82, 2.24) is 0 Å². The molecule has 0 spiro atoms. The van der Waals surface area contributed by atoms with Crippen LogP contribution in [-0.2, 0) is 6.18 Å². The number of hydrogen-bond acceptors (Lipinski definition) is 4. The molecule has 1 rings (SSSR count). The van der Waals surface area contributed by atoms with E-state index < -0.39 is 11.7 Å². The highest BCUT2D eigenvalue weighted by Crippen LogP contribution is 2.34. The predicted octanol–water partition coefficient (Wildman–Crippen LogP) is 2.47. The SMILES string of the molecule is NCCNc1ccc(C(F)(F)F)cc1N=O. The van der Waals surface area contributed by atoms with Crippen molar-refractivity contribution in [2.75, 3.05) is 18.4 Å². The Morgan fingerprint density at radius 3 is 2.56 bits per heavy atom. The van der Waals surface area contributed by atoms with Gasteiger partial charge in [0.1, 0.15) is 5.69 Å². The first-order valence-electron chi connectivity index (χ1n) is 4.47. The first-order valence-corrected chi connectivity index (χ1v) is 4.47. The molecule has 7 heteroatoms. The van der Waals surface area contributed by atoms with E-state index >= 15 is 0 Å². The average molecular weight is 233 g/mol. The van der Waals surface area contributed by atoms with E-state index in [0.29, 0.717) is 19.2 Å². The van der Waals surface area contributed by atoms with Gasteiger partial charge in [-0.2, -0.15) is 13.2 Å². The van der Waals surface area contributed by atoms with E-state index in [1.807, 2.05) is 0 Å². The van der Waals surface area contributed by atoms with Gasteiger partial charge in [-0.25, -0.2) is 0 Å². The van der Waals surface area contributed by atoms with E-state index in [0.717, 1.165) is 12.1 Å². The van der Waals surface area contributed by atoms with Gasteiger partial charge >= 0.3 is 6.18 Å². The summed E-state index contributed by atoms with van der Waals surface area (Å²) in [7, 11) is 0. The molecule has 0 heterocycles. The molecule has 1 aromatic carbocycles. The monoisotopic (exact) mass is 233 g/mol. The van der Waals surface area contributed by atoms with Crippen molar-refractivity contribution >= 4 is 11.4 Å². The predicted molar refractivity (Wildman–Crippen MR) is 54.4 cm³/mol. The second-order valence-electron chi connectivity index (χ2n) is 3.04. The maximum atomic E-state index is 12.3. The number of benzene rings is 1. The van der Waals surface area contributed by atoms with Crippen molar-refractivity contribution in [3.63, 3.8) is 0 Å². The first-order chi connectivity index (χ1) is 7.49. The maximum Gasteiger partial charge on any atom is 0.416 e. The van der Waals surface area contributed by atoms with Gasteiger partial charge in [-0.1, -0.05) is 0 Å². The highest BCUT2D eigenvalue weighted by molar-refractivity contribution is 5.66. The van der Waals surface area contributed by atoms with Crippen molar-refractivity contribution in [2.24, 2.45) is 10.9 Å². The Labute approximate surface area is 89.6 Å². The lowest BCUT2D eigenvalue weighted by atomic mass is 10.1. The van der Waals surface area contributed by atoms with Gasteiger partial charge in [0.2, 0.25) is 0 Å². The lowest BCUT2D eigenvalue weighted by molar-refractivity contribution is -0.137. The fraction of sp³-hybridized carbons (Fsp3) is 0.333. The average Bonchev–Trinajstić information content (AvgIpc) is 2.24. The Morgan fingerprint density at radius 1 is 1.38 bits per heavy atom. The molecule has 0 radical (unpaired) electrons. The van der Waals surface area contributed by atoms with Gasteiger partial charge in [0.15, 0.2) is 0 Å². The van der Waals surface area contributed by atoms with Gasteiger partial charge in [-0.15, -0.1) is 4.91 Å². The van der Waals surface area contributed by atoms with Crippen LogP contribution >= 0.6 is 0 Å². The topological polar surface area (TPSA) is 67.5 Å². The zero-order valence-corrected chi connectivity index (χ0v) is 8.21. The minimum atomic E-state index is -4.48. The third-order valence-electron chi connectivity index (χ3n) is 1.88. The molecule has 0 fully saturated rings. The summed E-state index contributed by atoms with van der Waals surface area (Å²) in [5.74, 6) is 0. The molecule has 0 unspecified atom stereocenters. The molecule has 88 valence electrons. The Morgan fingerprint density at radius 2 is 2.06 bits per heavy atom. The highest BCUT2D eigenvalue weighted by Gasteiger charge is 2.31. The third-order valence-corrected chi connectivity index (χ3v) is 1.88. The van der Waals surface area contributed by atoms with E-state index in [-0.39, 0.29) is 11.4 Å². The molecule has 0 amide bonds. The van der Waals surface area contributed by atoms with Crippen molar-refractivity contribution in [3.8, 4) is 0 Å².